The van der Waals surface area contributed by atoms with Crippen LogP contribution in [0.3, 0.4) is 0 Å². The third kappa shape index (κ3) is 14.2. The van der Waals surface area contributed by atoms with Gasteiger partial charge in [0.25, 0.3) is 0 Å². The van der Waals surface area contributed by atoms with E-state index in [2.05, 4.69) is 66.3 Å². The first kappa shape index (κ1) is 30.7. The van der Waals surface area contributed by atoms with Crippen LogP contribution in [0, 0.1) is 5.92 Å². The minimum absolute atomic E-state index is 0.575. The summed E-state index contributed by atoms with van der Waals surface area (Å²) in [4.78, 5) is 4.44. The van der Waals surface area contributed by atoms with E-state index in [0.29, 0.717) is 12.0 Å². The lowest BCUT2D eigenvalue weighted by Crippen LogP contribution is -2.21. The number of hydrogen-bond acceptors (Lipinski definition) is 1. The Morgan fingerprint density at radius 3 is 1.61 bits per heavy atom. The highest BCUT2D eigenvalue weighted by Crippen LogP contribution is 2.32. The Balaban J connectivity index is 1.83. The minimum atomic E-state index is 0.575. The fraction of sp³-hybridized carbons (Fsp3) is 0.735. The van der Waals surface area contributed by atoms with Crippen molar-refractivity contribution in [1.29, 1.82) is 0 Å². The molecule has 2 heteroatoms. The average Bonchev–Trinajstić information content (AvgIpc) is 3.44. The number of aromatic nitrogens is 2. The molecule has 0 aliphatic heterocycles. The van der Waals surface area contributed by atoms with Crippen LogP contribution in [0.25, 0.3) is 0 Å². The van der Waals surface area contributed by atoms with E-state index in [1.54, 1.807) is 0 Å². The Morgan fingerprint density at radius 1 is 0.611 bits per heavy atom. The van der Waals surface area contributed by atoms with E-state index < -0.39 is 0 Å². The summed E-state index contributed by atoms with van der Waals surface area (Å²) < 4.78 is 2.44. The molecule has 1 aromatic heterocycles. The summed E-state index contributed by atoms with van der Waals surface area (Å²) in [7, 11) is 0. The van der Waals surface area contributed by atoms with E-state index in [4.69, 9.17) is 0 Å². The van der Waals surface area contributed by atoms with Gasteiger partial charge in [-0.3, -0.25) is 0 Å². The van der Waals surface area contributed by atoms with E-state index in [1.807, 2.05) is 6.20 Å². The molecule has 0 fully saturated rings. The molecule has 0 bridgehead atoms. The molecule has 0 amide bonds. The summed E-state index contributed by atoms with van der Waals surface area (Å²) in [5.74, 6) is 0.695. The molecular weight excluding hydrogens is 436 g/mol. The van der Waals surface area contributed by atoms with Gasteiger partial charge in [-0.2, -0.15) is 0 Å². The van der Waals surface area contributed by atoms with Crippen molar-refractivity contribution in [3.8, 4) is 0 Å². The lowest BCUT2D eigenvalue weighted by molar-refractivity contribution is 0.275. The number of rotatable bonds is 24. The average molecular weight is 495 g/mol. The third-order valence-electron chi connectivity index (χ3n) is 8.07. The summed E-state index contributed by atoms with van der Waals surface area (Å²) in [5, 5.41) is 0. The largest absolute Gasteiger partial charge is 0.334 e. The second kappa shape index (κ2) is 21.5. The number of nitrogens with zero attached hydrogens (tertiary/aromatic N) is 2. The molecule has 0 saturated heterocycles. The third-order valence-corrected chi connectivity index (χ3v) is 8.07. The summed E-state index contributed by atoms with van der Waals surface area (Å²) in [6, 6.07) is 11.8. The van der Waals surface area contributed by atoms with Crippen molar-refractivity contribution in [2.45, 2.75) is 155 Å². The molecule has 204 valence electrons. The maximum absolute atomic E-state index is 4.44. The highest BCUT2D eigenvalue weighted by atomic mass is 15.1. The van der Waals surface area contributed by atoms with Crippen LogP contribution in [0.4, 0.5) is 0 Å². The molecule has 0 N–H and O–H groups in total. The second-order valence-corrected chi connectivity index (χ2v) is 11.3. The molecule has 1 heterocycles. The van der Waals surface area contributed by atoms with Gasteiger partial charge in [0.1, 0.15) is 0 Å². The predicted molar refractivity (Wildman–Crippen MR) is 159 cm³/mol. The van der Waals surface area contributed by atoms with Crippen LogP contribution in [0.1, 0.15) is 154 Å². The number of hydrogen-bond donors (Lipinski definition) is 0. The summed E-state index contributed by atoms with van der Waals surface area (Å²) in [5.41, 5.74) is 1.50. The molecule has 36 heavy (non-hydrogen) atoms. The lowest BCUT2D eigenvalue weighted by Gasteiger charge is -2.29. The van der Waals surface area contributed by atoms with E-state index >= 15 is 0 Å². The Morgan fingerprint density at radius 2 is 1.11 bits per heavy atom. The Labute approximate surface area is 224 Å². The SMILES string of the molecule is CCCCCCCCCCCC(Cc1ccccc1)C(CCCCCCCCCCC)n1ccnc1. The van der Waals surface area contributed by atoms with Gasteiger partial charge in [0, 0.05) is 18.4 Å². The number of imidazole rings is 1. The predicted octanol–water partition coefficient (Wildman–Crippen LogP) is 11.1. The fourth-order valence-corrected chi connectivity index (χ4v) is 5.82. The van der Waals surface area contributed by atoms with Gasteiger partial charge < -0.3 is 4.57 Å². The maximum Gasteiger partial charge on any atom is 0.0948 e. The first-order valence-electron chi connectivity index (χ1n) is 15.9. The first-order chi connectivity index (χ1) is 17.8. The maximum atomic E-state index is 4.44. The van der Waals surface area contributed by atoms with Gasteiger partial charge in [0.05, 0.1) is 6.33 Å². The molecule has 2 nitrogen and oxygen atoms in total. The van der Waals surface area contributed by atoms with Gasteiger partial charge in [-0.25, -0.2) is 4.98 Å². The highest BCUT2D eigenvalue weighted by molar-refractivity contribution is 5.15. The zero-order valence-electron chi connectivity index (χ0n) is 24.0. The zero-order chi connectivity index (χ0) is 25.5. The quantitative estimate of drug-likeness (QED) is 0.133. The summed E-state index contributed by atoms with van der Waals surface area (Å²) in [6.07, 6.45) is 35.4. The molecule has 0 aliphatic carbocycles. The van der Waals surface area contributed by atoms with Crippen LogP contribution in [0.2, 0.25) is 0 Å². The first-order valence-corrected chi connectivity index (χ1v) is 15.9. The van der Waals surface area contributed by atoms with E-state index in [9.17, 15) is 0 Å². The van der Waals surface area contributed by atoms with Crippen molar-refractivity contribution in [2.75, 3.05) is 0 Å². The van der Waals surface area contributed by atoms with Crippen LogP contribution < -0.4 is 0 Å². The molecule has 0 aliphatic rings. The normalized spacial score (nSPS) is 13.2. The molecule has 0 saturated carbocycles. The Hall–Kier alpha value is -1.57. The van der Waals surface area contributed by atoms with Gasteiger partial charge in [-0.15, -0.1) is 0 Å². The molecular formula is C34H58N2. The van der Waals surface area contributed by atoms with Crippen molar-refractivity contribution in [3.05, 3.63) is 54.6 Å². The van der Waals surface area contributed by atoms with E-state index in [1.165, 1.54) is 140 Å². The van der Waals surface area contributed by atoms with Crippen LogP contribution in [0.15, 0.2) is 49.1 Å². The van der Waals surface area contributed by atoms with E-state index in [0.717, 1.165) is 0 Å². The summed E-state index contributed by atoms with van der Waals surface area (Å²) >= 11 is 0. The molecule has 1 aromatic carbocycles. The van der Waals surface area contributed by atoms with Crippen LogP contribution >= 0.6 is 0 Å². The van der Waals surface area contributed by atoms with Crippen molar-refractivity contribution in [3.63, 3.8) is 0 Å². The Kier molecular flexibility index (Phi) is 18.3. The van der Waals surface area contributed by atoms with Crippen molar-refractivity contribution in [1.82, 2.24) is 9.55 Å². The van der Waals surface area contributed by atoms with Gasteiger partial charge in [-0.05, 0) is 30.7 Å². The number of benzene rings is 1. The van der Waals surface area contributed by atoms with Gasteiger partial charge in [-0.1, -0.05) is 160 Å². The molecule has 2 atom stereocenters. The summed E-state index contributed by atoms with van der Waals surface area (Å²) in [6.45, 7) is 4.61. The lowest BCUT2D eigenvalue weighted by atomic mass is 9.84. The minimum Gasteiger partial charge on any atom is -0.334 e. The smallest absolute Gasteiger partial charge is 0.0948 e. The van der Waals surface area contributed by atoms with Crippen LogP contribution in [-0.4, -0.2) is 9.55 Å². The standard InChI is InChI=1S/C34H58N2/c1-3-5-7-9-11-13-15-17-22-26-33(30-32-24-20-19-21-25-32)34(36-29-28-35-31-36)27-23-18-16-14-12-10-8-6-4-2/h19-21,24-25,28-29,31,33-34H,3-18,22-23,26-27,30H2,1-2H3. The Bertz CT molecular complexity index is 693. The van der Waals surface area contributed by atoms with Gasteiger partial charge >= 0.3 is 0 Å². The van der Waals surface area contributed by atoms with Crippen molar-refractivity contribution in [2.24, 2.45) is 5.92 Å². The van der Waals surface area contributed by atoms with Crippen molar-refractivity contribution >= 4 is 0 Å². The van der Waals surface area contributed by atoms with Gasteiger partial charge in [0.2, 0.25) is 0 Å². The van der Waals surface area contributed by atoms with Crippen LogP contribution in [-0.2, 0) is 6.42 Å². The monoisotopic (exact) mass is 494 g/mol. The van der Waals surface area contributed by atoms with Crippen molar-refractivity contribution < 1.29 is 0 Å². The second-order valence-electron chi connectivity index (χ2n) is 11.3. The van der Waals surface area contributed by atoms with E-state index in [-0.39, 0.29) is 0 Å². The molecule has 2 aromatic rings. The molecule has 2 rings (SSSR count). The van der Waals surface area contributed by atoms with Crippen LogP contribution in [0.5, 0.6) is 0 Å². The topological polar surface area (TPSA) is 17.8 Å². The van der Waals surface area contributed by atoms with Gasteiger partial charge in [0.15, 0.2) is 0 Å². The zero-order valence-corrected chi connectivity index (χ0v) is 24.0. The fourth-order valence-electron chi connectivity index (χ4n) is 5.82. The molecule has 0 radical (unpaired) electrons. The molecule has 0 spiro atoms. The number of unbranched alkanes of at least 4 members (excludes halogenated alkanes) is 16. The molecule has 2 unspecified atom stereocenters. The highest BCUT2D eigenvalue weighted by Gasteiger charge is 2.23.